The molecule has 5 nitrogen and oxygen atoms in total. The molecule has 1 aromatic heterocycles. The highest BCUT2D eigenvalue weighted by Gasteiger charge is 2.06. The molecular formula is C15H17N3O2. The number of aromatic nitrogens is 1. The van der Waals surface area contributed by atoms with E-state index in [9.17, 15) is 4.79 Å². The van der Waals surface area contributed by atoms with Crippen LogP contribution < -0.4 is 11.1 Å². The van der Waals surface area contributed by atoms with Gasteiger partial charge in [-0.1, -0.05) is 30.3 Å². The smallest absolute Gasteiger partial charge is 0.305 e. The average Bonchev–Trinajstić information content (AvgIpc) is 2.48. The number of rotatable bonds is 6. The van der Waals surface area contributed by atoms with Gasteiger partial charge in [0.05, 0.1) is 6.42 Å². The van der Waals surface area contributed by atoms with E-state index in [-0.39, 0.29) is 6.42 Å². The van der Waals surface area contributed by atoms with E-state index in [2.05, 4.69) is 10.3 Å². The van der Waals surface area contributed by atoms with Crippen LogP contribution in [-0.4, -0.2) is 22.6 Å². The Bertz CT molecular complexity index is 585. The van der Waals surface area contributed by atoms with E-state index in [4.69, 9.17) is 10.8 Å². The number of carbonyl (C=O) groups is 1. The highest BCUT2D eigenvalue weighted by atomic mass is 16.4. The summed E-state index contributed by atoms with van der Waals surface area (Å²) in [5.74, 6) is -0.193. The average molecular weight is 271 g/mol. The number of benzene rings is 1. The maximum absolute atomic E-state index is 10.5. The van der Waals surface area contributed by atoms with Gasteiger partial charge < -0.3 is 16.2 Å². The van der Waals surface area contributed by atoms with E-state index >= 15 is 0 Å². The minimum Gasteiger partial charge on any atom is -0.481 e. The Morgan fingerprint density at radius 1 is 1.25 bits per heavy atom. The summed E-state index contributed by atoms with van der Waals surface area (Å²) in [4.78, 5) is 14.8. The van der Waals surface area contributed by atoms with E-state index in [1.165, 1.54) is 0 Å². The second kappa shape index (κ2) is 6.68. The molecule has 2 aromatic rings. The lowest BCUT2D eigenvalue weighted by Crippen LogP contribution is -2.11. The molecule has 0 radical (unpaired) electrons. The molecule has 0 amide bonds. The molecule has 0 aliphatic rings. The van der Waals surface area contributed by atoms with Crippen LogP contribution in [0, 0.1) is 0 Å². The van der Waals surface area contributed by atoms with E-state index in [1.54, 1.807) is 6.20 Å². The number of carboxylic acids is 1. The van der Waals surface area contributed by atoms with Crippen LogP contribution in [0.25, 0.3) is 11.1 Å². The molecule has 104 valence electrons. The third kappa shape index (κ3) is 3.55. The van der Waals surface area contributed by atoms with Crippen LogP contribution in [0.15, 0.2) is 42.6 Å². The van der Waals surface area contributed by atoms with Crippen LogP contribution in [0.3, 0.4) is 0 Å². The van der Waals surface area contributed by atoms with Crippen molar-refractivity contribution in [2.24, 2.45) is 5.73 Å². The summed E-state index contributed by atoms with van der Waals surface area (Å²) in [6.07, 6.45) is 1.81. The summed E-state index contributed by atoms with van der Waals surface area (Å²) < 4.78 is 0. The van der Waals surface area contributed by atoms with Gasteiger partial charge in [0.15, 0.2) is 0 Å². The van der Waals surface area contributed by atoms with Crippen LogP contribution in [0.5, 0.6) is 0 Å². The number of nitrogens with zero attached hydrogens (tertiary/aromatic N) is 1. The summed E-state index contributed by atoms with van der Waals surface area (Å²) in [6.45, 7) is 0.684. The minimum absolute atomic E-state index is 0.0477. The van der Waals surface area contributed by atoms with Gasteiger partial charge in [0, 0.05) is 30.4 Å². The lowest BCUT2D eigenvalue weighted by atomic mass is 10.1. The molecule has 0 aliphatic carbocycles. The third-order valence-electron chi connectivity index (χ3n) is 2.92. The molecule has 0 saturated heterocycles. The van der Waals surface area contributed by atoms with Gasteiger partial charge in [0.1, 0.15) is 5.82 Å². The van der Waals surface area contributed by atoms with Gasteiger partial charge in [-0.05, 0) is 11.6 Å². The second-order valence-corrected chi connectivity index (χ2v) is 4.37. The van der Waals surface area contributed by atoms with Crippen molar-refractivity contribution >= 4 is 11.8 Å². The first-order valence-electron chi connectivity index (χ1n) is 6.41. The molecule has 0 bridgehead atoms. The number of nitrogens with one attached hydrogen (secondary N) is 1. The summed E-state index contributed by atoms with van der Waals surface area (Å²) in [5.41, 5.74) is 8.68. The van der Waals surface area contributed by atoms with Crippen LogP contribution in [0.1, 0.15) is 12.0 Å². The van der Waals surface area contributed by atoms with E-state index in [0.29, 0.717) is 18.9 Å². The fourth-order valence-electron chi connectivity index (χ4n) is 1.90. The van der Waals surface area contributed by atoms with Gasteiger partial charge in [-0.3, -0.25) is 4.79 Å². The van der Waals surface area contributed by atoms with Crippen LogP contribution >= 0.6 is 0 Å². The first-order valence-corrected chi connectivity index (χ1v) is 6.41. The summed E-state index contributed by atoms with van der Waals surface area (Å²) in [5, 5.41) is 11.6. The summed E-state index contributed by atoms with van der Waals surface area (Å²) in [6, 6.07) is 11.9. The lowest BCUT2D eigenvalue weighted by molar-refractivity contribution is -0.136. The van der Waals surface area contributed by atoms with Crippen LogP contribution in [0.4, 0.5) is 5.82 Å². The van der Waals surface area contributed by atoms with Crippen molar-refractivity contribution in [2.75, 3.05) is 11.9 Å². The van der Waals surface area contributed by atoms with Gasteiger partial charge in [-0.15, -0.1) is 0 Å². The van der Waals surface area contributed by atoms with Gasteiger partial charge >= 0.3 is 5.97 Å². The van der Waals surface area contributed by atoms with Crippen molar-refractivity contribution in [3.8, 4) is 11.1 Å². The summed E-state index contributed by atoms with van der Waals surface area (Å²) >= 11 is 0. The van der Waals surface area contributed by atoms with Gasteiger partial charge in [0.2, 0.25) is 0 Å². The van der Waals surface area contributed by atoms with Crippen LogP contribution in [-0.2, 0) is 11.3 Å². The van der Waals surface area contributed by atoms with Crippen molar-refractivity contribution in [2.45, 2.75) is 13.0 Å². The standard InChI is InChI=1S/C15H17N3O2/c16-9-12-8-13(11-4-2-1-3-5-11)10-18-15(12)17-7-6-14(19)20/h1-5,8,10H,6-7,9,16H2,(H,17,18)(H,19,20). The fraction of sp³-hybridized carbons (Fsp3) is 0.200. The van der Waals surface area contributed by atoms with Crippen molar-refractivity contribution in [1.82, 2.24) is 4.98 Å². The Morgan fingerprint density at radius 3 is 2.65 bits per heavy atom. The Morgan fingerprint density at radius 2 is 2.00 bits per heavy atom. The maximum atomic E-state index is 10.5. The predicted octanol–water partition coefficient (Wildman–Crippen LogP) is 2.09. The first-order chi connectivity index (χ1) is 9.70. The van der Waals surface area contributed by atoms with Crippen molar-refractivity contribution in [1.29, 1.82) is 0 Å². The van der Waals surface area contributed by atoms with E-state index in [1.807, 2.05) is 36.4 Å². The molecule has 0 spiro atoms. The zero-order valence-electron chi connectivity index (χ0n) is 11.0. The minimum atomic E-state index is -0.840. The molecule has 0 aliphatic heterocycles. The number of carboxylic acid groups (broad SMARTS) is 1. The normalized spacial score (nSPS) is 10.2. The third-order valence-corrected chi connectivity index (χ3v) is 2.92. The number of hydrogen-bond donors (Lipinski definition) is 3. The monoisotopic (exact) mass is 271 g/mol. The van der Waals surface area contributed by atoms with Gasteiger partial charge in [-0.25, -0.2) is 4.98 Å². The molecule has 1 aromatic carbocycles. The number of nitrogens with two attached hydrogens (primary N) is 1. The summed E-state index contributed by atoms with van der Waals surface area (Å²) in [7, 11) is 0. The Balaban J connectivity index is 2.18. The van der Waals surface area contributed by atoms with E-state index in [0.717, 1.165) is 16.7 Å². The Labute approximate surface area is 117 Å². The zero-order chi connectivity index (χ0) is 14.4. The predicted molar refractivity (Wildman–Crippen MR) is 78.3 cm³/mol. The highest BCUT2D eigenvalue weighted by molar-refractivity contribution is 5.68. The second-order valence-electron chi connectivity index (χ2n) is 4.37. The number of pyridine rings is 1. The topological polar surface area (TPSA) is 88.2 Å². The molecule has 2 rings (SSSR count). The Kier molecular flexibility index (Phi) is 4.68. The highest BCUT2D eigenvalue weighted by Crippen LogP contribution is 2.22. The molecule has 0 saturated carbocycles. The first kappa shape index (κ1) is 14.0. The number of hydrogen-bond acceptors (Lipinski definition) is 4. The largest absolute Gasteiger partial charge is 0.481 e. The number of anilines is 1. The van der Waals surface area contributed by atoms with Gasteiger partial charge in [-0.2, -0.15) is 0 Å². The van der Waals surface area contributed by atoms with Crippen molar-refractivity contribution < 1.29 is 9.90 Å². The molecule has 1 heterocycles. The van der Waals surface area contributed by atoms with Crippen LogP contribution in [0.2, 0.25) is 0 Å². The molecule has 0 atom stereocenters. The molecular weight excluding hydrogens is 254 g/mol. The van der Waals surface area contributed by atoms with Crippen molar-refractivity contribution in [3.05, 3.63) is 48.2 Å². The SMILES string of the molecule is NCc1cc(-c2ccccc2)cnc1NCCC(=O)O. The molecule has 20 heavy (non-hydrogen) atoms. The molecule has 0 unspecified atom stereocenters. The number of aliphatic carboxylic acids is 1. The molecule has 4 N–H and O–H groups in total. The molecule has 0 fully saturated rings. The zero-order valence-corrected chi connectivity index (χ0v) is 11.0. The molecule has 5 heteroatoms. The quantitative estimate of drug-likeness (QED) is 0.748. The lowest BCUT2D eigenvalue weighted by Gasteiger charge is -2.11. The fourth-order valence-corrected chi connectivity index (χ4v) is 1.90. The van der Waals surface area contributed by atoms with Gasteiger partial charge in [0.25, 0.3) is 0 Å². The Hall–Kier alpha value is -2.40. The van der Waals surface area contributed by atoms with Crippen molar-refractivity contribution in [3.63, 3.8) is 0 Å². The maximum Gasteiger partial charge on any atom is 0.305 e. The van der Waals surface area contributed by atoms with E-state index < -0.39 is 5.97 Å².